The summed E-state index contributed by atoms with van der Waals surface area (Å²) in [6.07, 6.45) is 3.57. The number of nitrogens with one attached hydrogen (secondary N) is 1. The maximum atomic E-state index is 12.0. The first kappa shape index (κ1) is 18.6. The monoisotopic (exact) mass is 334 g/mol. The number of rotatable bonds is 5. The summed E-state index contributed by atoms with van der Waals surface area (Å²) in [6.45, 7) is -2.45. The van der Waals surface area contributed by atoms with E-state index in [1.165, 1.54) is 12.1 Å². The van der Waals surface area contributed by atoms with Gasteiger partial charge in [0.05, 0.1) is 0 Å². The summed E-state index contributed by atoms with van der Waals surface area (Å²) in [6, 6.07) is 6.35. The van der Waals surface area contributed by atoms with Crippen molar-refractivity contribution in [2.45, 2.75) is 44.9 Å². The van der Waals surface area contributed by atoms with Gasteiger partial charge < -0.3 is 15.8 Å². The lowest BCUT2D eigenvalue weighted by atomic mass is 9.85. The maximum absolute atomic E-state index is 12.0. The predicted molar refractivity (Wildman–Crippen MR) is 82.1 cm³/mol. The summed E-state index contributed by atoms with van der Waals surface area (Å²) >= 11 is 0. The summed E-state index contributed by atoms with van der Waals surface area (Å²) in [7, 11) is 0. The summed E-state index contributed by atoms with van der Waals surface area (Å²) in [5.41, 5.74) is 6.71. The highest BCUT2D eigenvalue weighted by Crippen LogP contribution is 2.23. The van der Waals surface area contributed by atoms with E-state index in [4.69, 9.17) is 5.73 Å². The molecule has 0 spiro atoms. The summed E-state index contributed by atoms with van der Waals surface area (Å²) in [5, 5.41) is 2.87. The Bertz CT molecular complexity index is 471. The molecule has 0 radical (unpaired) electrons. The number of alkyl halides is 2. The number of carbonyl (C=O) groups is 1. The van der Waals surface area contributed by atoms with Crippen molar-refractivity contribution in [3.05, 3.63) is 29.8 Å². The maximum Gasteiger partial charge on any atom is 0.387 e. The number of benzene rings is 1. The molecule has 3 N–H and O–H groups in total. The molecule has 1 saturated carbocycles. The number of amides is 1. The molecule has 0 heterocycles. The summed E-state index contributed by atoms with van der Waals surface area (Å²) in [5.74, 6) is 0.103. The molecule has 0 aromatic heterocycles. The molecule has 22 heavy (non-hydrogen) atoms. The van der Waals surface area contributed by atoms with Crippen LogP contribution in [0.1, 0.15) is 31.2 Å². The molecule has 0 bridgehead atoms. The fourth-order valence-corrected chi connectivity index (χ4v) is 2.59. The van der Waals surface area contributed by atoms with Gasteiger partial charge in [-0.1, -0.05) is 18.6 Å². The van der Waals surface area contributed by atoms with Crippen molar-refractivity contribution in [2.24, 2.45) is 11.7 Å². The fraction of sp³-hybridized carbons (Fsp3) is 0.533. The standard InChI is InChI=1S/C15H20F2N2O2.ClH/c16-15(17)21-13-6-4-10(5-7-13)9-19-14(20)11-2-1-3-12(18)8-11;/h4-7,11-12,15H,1-3,8-9,18H2,(H,19,20);1H. The predicted octanol–water partition coefficient (Wildman–Crippen LogP) is 2.84. The first-order valence-electron chi connectivity index (χ1n) is 7.11. The van der Waals surface area contributed by atoms with Gasteiger partial charge in [-0.05, 0) is 37.0 Å². The van der Waals surface area contributed by atoms with E-state index in [9.17, 15) is 13.6 Å². The Hall–Kier alpha value is -1.40. The zero-order chi connectivity index (χ0) is 15.2. The molecule has 0 saturated heterocycles. The topological polar surface area (TPSA) is 64.4 Å². The van der Waals surface area contributed by atoms with Gasteiger partial charge in [-0.15, -0.1) is 12.4 Å². The average Bonchev–Trinajstić information content (AvgIpc) is 2.45. The molecule has 1 aliphatic rings. The van der Waals surface area contributed by atoms with Gasteiger partial charge in [0.2, 0.25) is 5.91 Å². The minimum atomic E-state index is -2.83. The van der Waals surface area contributed by atoms with E-state index in [0.717, 1.165) is 31.2 Å². The van der Waals surface area contributed by atoms with Crippen molar-refractivity contribution in [3.8, 4) is 5.75 Å². The van der Waals surface area contributed by atoms with Crippen LogP contribution in [0.4, 0.5) is 8.78 Å². The van der Waals surface area contributed by atoms with Gasteiger partial charge in [-0.2, -0.15) is 8.78 Å². The van der Waals surface area contributed by atoms with E-state index >= 15 is 0 Å². The number of hydrogen-bond acceptors (Lipinski definition) is 3. The van der Waals surface area contributed by atoms with Gasteiger partial charge in [-0.3, -0.25) is 4.79 Å². The molecule has 7 heteroatoms. The van der Waals surface area contributed by atoms with Crippen molar-refractivity contribution in [3.63, 3.8) is 0 Å². The average molecular weight is 335 g/mol. The van der Waals surface area contributed by atoms with Crippen LogP contribution >= 0.6 is 12.4 Å². The Labute approximate surface area is 134 Å². The lowest BCUT2D eigenvalue weighted by Crippen LogP contribution is -2.37. The Balaban J connectivity index is 0.00000242. The Morgan fingerprint density at radius 2 is 2.00 bits per heavy atom. The SMILES string of the molecule is Cl.NC1CCCC(C(=O)NCc2ccc(OC(F)F)cc2)C1. The molecule has 1 fully saturated rings. The van der Waals surface area contributed by atoms with E-state index in [1.807, 2.05) is 0 Å². The van der Waals surface area contributed by atoms with Gasteiger partial charge in [0.25, 0.3) is 0 Å². The molecule has 1 aromatic rings. The normalized spacial score (nSPS) is 21.1. The fourth-order valence-electron chi connectivity index (χ4n) is 2.59. The highest BCUT2D eigenvalue weighted by molar-refractivity contribution is 5.85. The van der Waals surface area contributed by atoms with Crippen LogP contribution in [0.25, 0.3) is 0 Å². The van der Waals surface area contributed by atoms with E-state index in [1.54, 1.807) is 12.1 Å². The van der Waals surface area contributed by atoms with Gasteiger partial charge in [-0.25, -0.2) is 0 Å². The second kappa shape index (κ2) is 8.90. The van der Waals surface area contributed by atoms with Crippen molar-refractivity contribution in [2.75, 3.05) is 0 Å². The molecular weight excluding hydrogens is 314 g/mol. The highest BCUT2D eigenvalue weighted by Gasteiger charge is 2.24. The molecule has 0 aliphatic heterocycles. The van der Waals surface area contributed by atoms with E-state index in [2.05, 4.69) is 10.1 Å². The molecule has 1 aliphatic carbocycles. The van der Waals surface area contributed by atoms with Crippen LogP contribution in [0.5, 0.6) is 5.75 Å². The Morgan fingerprint density at radius 1 is 1.32 bits per heavy atom. The Kier molecular flexibility index (Phi) is 7.55. The third kappa shape index (κ3) is 5.77. The number of nitrogens with two attached hydrogens (primary N) is 1. The summed E-state index contributed by atoms with van der Waals surface area (Å²) in [4.78, 5) is 12.0. The molecule has 4 nitrogen and oxygen atoms in total. The Morgan fingerprint density at radius 3 is 2.59 bits per heavy atom. The first-order valence-corrected chi connectivity index (χ1v) is 7.11. The number of hydrogen-bond donors (Lipinski definition) is 2. The van der Waals surface area contributed by atoms with Crippen LogP contribution in [0.3, 0.4) is 0 Å². The number of halogens is 3. The molecule has 2 unspecified atom stereocenters. The molecule has 2 atom stereocenters. The zero-order valence-corrected chi connectivity index (χ0v) is 13.0. The minimum Gasteiger partial charge on any atom is -0.435 e. The van der Waals surface area contributed by atoms with Crippen LogP contribution in [0.2, 0.25) is 0 Å². The molecule has 1 amide bonds. The minimum absolute atomic E-state index is 0. The number of ether oxygens (including phenoxy) is 1. The van der Waals surface area contributed by atoms with Gasteiger partial charge >= 0.3 is 6.61 Å². The third-order valence-corrected chi connectivity index (χ3v) is 3.70. The van der Waals surface area contributed by atoms with Crippen LogP contribution in [0.15, 0.2) is 24.3 Å². The molecule has 2 rings (SSSR count). The lowest BCUT2D eigenvalue weighted by Gasteiger charge is -2.25. The van der Waals surface area contributed by atoms with Crippen molar-refractivity contribution < 1.29 is 18.3 Å². The van der Waals surface area contributed by atoms with Crippen molar-refractivity contribution >= 4 is 18.3 Å². The second-order valence-electron chi connectivity index (χ2n) is 5.36. The first-order chi connectivity index (χ1) is 10.0. The lowest BCUT2D eigenvalue weighted by molar-refractivity contribution is -0.126. The quantitative estimate of drug-likeness (QED) is 0.870. The van der Waals surface area contributed by atoms with Crippen LogP contribution < -0.4 is 15.8 Å². The molecule has 124 valence electrons. The third-order valence-electron chi connectivity index (χ3n) is 3.70. The van der Waals surface area contributed by atoms with E-state index in [-0.39, 0.29) is 36.0 Å². The smallest absolute Gasteiger partial charge is 0.387 e. The molecule has 1 aromatic carbocycles. The van der Waals surface area contributed by atoms with Gasteiger partial charge in [0.1, 0.15) is 5.75 Å². The van der Waals surface area contributed by atoms with Crippen LogP contribution in [-0.4, -0.2) is 18.6 Å². The highest BCUT2D eigenvalue weighted by atomic mass is 35.5. The van der Waals surface area contributed by atoms with Crippen molar-refractivity contribution in [1.82, 2.24) is 5.32 Å². The van der Waals surface area contributed by atoms with E-state index in [0.29, 0.717) is 6.54 Å². The molecular formula is C15H21ClF2N2O2. The van der Waals surface area contributed by atoms with Crippen LogP contribution in [0, 0.1) is 5.92 Å². The largest absolute Gasteiger partial charge is 0.435 e. The summed E-state index contributed by atoms with van der Waals surface area (Å²) < 4.78 is 28.3. The van der Waals surface area contributed by atoms with Crippen LogP contribution in [-0.2, 0) is 11.3 Å². The second-order valence-corrected chi connectivity index (χ2v) is 5.36. The number of carbonyl (C=O) groups excluding carboxylic acids is 1. The van der Waals surface area contributed by atoms with Gasteiger partial charge in [0, 0.05) is 18.5 Å². The van der Waals surface area contributed by atoms with E-state index < -0.39 is 6.61 Å². The zero-order valence-electron chi connectivity index (χ0n) is 12.1. The van der Waals surface area contributed by atoms with Crippen molar-refractivity contribution in [1.29, 1.82) is 0 Å². The van der Waals surface area contributed by atoms with Gasteiger partial charge in [0.15, 0.2) is 0 Å².